The molecule has 2 amide bonds. The number of benzene rings is 2. The number of para-hydroxylation sites is 1. The lowest BCUT2D eigenvalue weighted by Gasteiger charge is -2.36. The second kappa shape index (κ2) is 10.5. The van der Waals surface area contributed by atoms with Crippen molar-refractivity contribution in [3.05, 3.63) is 65.5 Å². The third-order valence-corrected chi connectivity index (χ3v) is 6.68. The van der Waals surface area contributed by atoms with Gasteiger partial charge in [-0.2, -0.15) is 0 Å². The largest absolute Gasteiger partial charge is 0.369 e. The van der Waals surface area contributed by atoms with Gasteiger partial charge in [-0.3, -0.25) is 4.90 Å². The second-order valence-electron chi connectivity index (χ2n) is 7.71. The van der Waals surface area contributed by atoms with Crippen LogP contribution in [0.3, 0.4) is 0 Å². The molecule has 2 heterocycles. The number of amides is 2. The van der Waals surface area contributed by atoms with Gasteiger partial charge in [0.2, 0.25) is 0 Å². The van der Waals surface area contributed by atoms with E-state index in [9.17, 15) is 4.79 Å². The average Bonchev–Trinajstić information content (AvgIpc) is 3.21. The van der Waals surface area contributed by atoms with Gasteiger partial charge in [0, 0.05) is 49.7 Å². The van der Waals surface area contributed by atoms with Crippen LogP contribution < -0.4 is 15.5 Å². The summed E-state index contributed by atoms with van der Waals surface area (Å²) in [4.78, 5) is 17.0. The van der Waals surface area contributed by atoms with Gasteiger partial charge in [-0.15, -0.1) is 11.3 Å². The number of hydrogen-bond acceptors (Lipinski definition) is 4. The van der Waals surface area contributed by atoms with Crippen molar-refractivity contribution in [2.75, 3.05) is 50.7 Å². The molecule has 0 spiro atoms. The van der Waals surface area contributed by atoms with E-state index in [1.54, 1.807) is 11.3 Å². The Morgan fingerprint density at radius 1 is 0.900 bits per heavy atom. The Morgan fingerprint density at radius 3 is 2.47 bits per heavy atom. The Labute approximate surface area is 182 Å². The highest BCUT2D eigenvalue weighted by Crippen LogP contribution is 2.25. The first-order chi connectivity index (χ1) is 14.8. The number of fused-ring (bicyclic) bond motifs is 1. The Balaban J connectivity index is 1.08. The molecule has 1 aliphatic rings. The van der Waals surface area contributed by atoms with Crippen LogP contribution in [0, 0.1) is 0 Å². The minimum Gasteiger partial charge on any atom is -0.369 e. The molecule has 6 heteroatoms. The van der Waals surface area contributed by atoms with E-state index in [4.69, 9.17) is 0 Å². The molecule has 0 unspecified atom stereocenters. The minimum atomic E-state index is -0.0663. The highest BCUT2D eigenvalue weighted by Gasteiger charge is 2.16. The Morgan fingerprint density at radius 2 is 1.63 bits per heavy atom. The molecule has 0 atom stereocenters. The van der Waals surface area contributed by atoms with Crippen LogP contribution in [0.1, 0.15) is 12.0 Å². The molecule has 0 saturated carbocycles. The fraction of sp³-hybridized carbons (Fsp3) is 0.375. The highest BCUT2D eigenvalue weighted by molar-refractivity contribution is 7.17. The van der Waals surface area contributed by atoms with Crippen LogP contribution >= 0.6 is 11.3 Å². The standard InChI is InChI=1S/C24H30N4OS/c29-24(26-13-11-20-19-30-23-10-5-4-9-22(20)23)25-12-6-14-27-15-17-28(18-16-27)21-7-2-1-3-8-21/h1-5,7-10,19H,6,11-18H2,(H2,25,26,29). The van der Waals surface area contributed by atoms with Crippen LogP contribution in [0.5, 0.6) is 0 Å². The molecule has 158 valence electrons. The van der Waals surface area contributed by atoms with Crippen molar-refractivity contribution in [1.29, 1.82) is 0 Å². The Kier molecular flexibility index (Phi) is 7.21. The van der Waals surface area contributed by atoms with Crippen molar-refractivity contribution in [1.82, 2.24) is 15.5 Å². The molecule has 0 radical (unpaired) electrons. The van der Waals surface area contributed by atoms with Crippen LogP contribution in [0.15, 0.2) is 60.0 Å². The zero-order valence-electron chi connectivity index (χ0n) is 17.3. The number of carbonyl (C=O) groups excluding carboxylic acids is 1. The summed E-state index contributed by atoms with van der Waals surface area (Å²) in [7, 11) is 0. The molecule has 0 bridgehead atoms. The van der Waals surface area contributed by atoms with E-state index in [0.29, 0.717) is 13.1 Å². The summed E-state index contributed by atoms with van der Waals surface area (Å²) in [6.45, 7) is 6.69. The molecular formula is C24H30N4OS. The van der Waals surface area contributed by atoms with Crippen molar-refractivity contribution in [2.45, 2.75) is 12.8 Å². The van der Waals surface area contributed by atoms with Gasteiger partial charge in [0.1, 0.15) is 0 Å². The minimum absolute atomic E-state index is 0.0663. The number of hydrogen-bond donors (Lipinski definition) is 2. The van der Waals surface area contributed by atoms with Crippen LogP contribution in [-0.4, -0.2) is 56.7 Å². The van der Waals surface area contributed by atoms with E-state index in [1.165, 1.54) is 21.3 Å². The number of piperazine rings is 1. The van der Waals surface area contributed by atoms with Gasteiger partial charge in [0.05, 0.1) is 0 Å². The quantitative estimate of drug-likeness (QED) is 0.540. The lowest BCUT2D eigenvalue weighted by atomic mass is 10.1. The van der Waals surface area contributed by atoms with E-state index < -0.39 is 0 Å². The zero-order chi connectivity index (χ0) is 20.6. The maximum atomic E-state index is 12.0. The number of nitrogens with zero attached hydrogens (tertiary/aromatic N) is 2. The number of thiophene rings is 1. The number of rotatable bonds is 8. The molecule has 2 N–H and O–H groups in total. The smallest absolute Gasteiger partial charge is 0.314 e. The van der Waals surface area contributed by atoms with Crippen LogP contribution in [0.4, 0.5) is 10.5 Å². The van der Waals surface area contributed by atoms with Gasteiger partial charge in [-0.25, -0.2) is 4.79 Å². The van der Waals surface area contributed by atoms with Gasteiger partial charge >= 0.3 is 6.03 Å². The lowest BCUT2D eigenvalue weighted by Crippen LogP contribution is -2.47. The molecule has 4 rings (SSSR count). The Bertz CT molecular complexity index is 935. The monoisotopic (exact) mass is 422 g/mol. The van der Waals surface area contributed by atoms with Crippen molar-refractivity contribution in [3.63, 3.8) is 0 Å². The van der Waals surface area contributed by atoms with Gasteiger partial charge in [-0.1, -0.05) is 36.4 Å². The van der Waals surface area contributed by atoms with E-state index in [-0.39, 0.29) is 6.03 Å². The maximum Gasteiger partial charge on any atom is 0.314 e. The van der Waals surface area contributed by atoms with E-state index in [2.05, 4.69) is 80.4 Å². The van der Waals surface area contributed by atoms with Crippen molar-refractivity contribution >= 4 is 33.1 Å². The molecule has 2 aromatic carbocycles. The summed E-state index contributed by atoms with van der Waals surface area (Å²) in [5.41, 5.74) is 2.62. The number of carbonyl (C=O) groups is 1. The summed E-state index contributed by atoms with van der Waals surface area (Å²) >= 11 is 1.77. The highest BCUT2D eigenvalue weighted by atomic mass is 32.1. The third kappa shape index (κ3) is 5.52. The first-order valence-corrected chi connectivity index (χ1v) is 11.7. The fourth-order valence-corrected chi connectivity index (χ4v) is 4.97. The molecule has 0 aliphatic carbocycles. The average molecular weight is 423 g/mol. The molecule has 5 nitrogen and oxygen atoms in total. The molecule has 3 aromatic rings. The summed E-state index contributed by atoms with van der Waals surface area (Å²) in [6, 6.07) is 19.0. The molecule has 1 aromatic heterocycles. The maximum absolute atomic E-state index is 12.0. The second-order valence-corrected chi connectivity index (χ2v) is 8.62. The van der Waals surface area contributed by atoms with Crippen LogP contribution in [-0.2, 0) is 6.42 Å². The first-order valence-electron chi connectivity index (χ1n) is 10.8. The van der Waals surface area contributed by atoms with Crippen molar-refractivity contribution < 1.29 is 4.79 Å². The van der Waals surface area contributed by atoms with Crippen molar-refractivity contribution in [2.24, 2.45) is 0 Å². The molecular weight excluding hydrogens is 392 g/mol. The SMILES string of the molecule is O=C(NCCCN1CCN(c2ccccc2)CC1)NCCc1csc2ccccc12. The summed E-state index contributed by atoms with van der Waals surface area (Å²) in [5.74, 6) is 0. The molecule has 1 saturated heterocycles. The third-order valence-electron chi connectivity index (χ3n) is 5.67. The van der Waals surface area contributed by atoms with Crippen LogP contribution in [0.2, 0.25) is 0 Å². The summed E-state index contributed by atoms with van der Waals surface area (Å²) in [5, 5.41) is 9.47. The van der Waals surface area contributed by atoms with Gasteiger partial charge in [-0.05, 0) is 53.9 Å². The number of nitrogens with one attached hydrogen (secondary N) is 2. The lowest BCUT2D eigenvalue weighted by molar-refractivity contribution is 0.236. The van der Waals surface area contributed by atoms with E-state index >= 15 is 0 Å². The summed E-state index contributed by atoms with van der Waals surface area (Å²) in [6.07, 6.45) is 1.84. The van der Waals surface area contributed by atoms with E-state index in [1.807, 2.05) is 0 Å². The Hall–Kier alpha value is -2.57. The first kappa shape index (κ1) is 20.7. The predicted octanol–water partition coefficient (Wildman–Crippen LogP) is 3.96. The number of urea groups is 1. The zero-order valence-corrected chi connectivity index (χ0v) is 18.2. The number of anilines is 1. The van der Waals surface area contributed by atoms with Gasteiger partial charge in [0.15, 0.2) is 0 Å². The van der Waals surface area contributed by atoms with Crippen LogP contribution in [0.25, 0.3) is 10.1 Å². The molecule has 30 heavy (non-hydrogen) atoms. The van der Waals surface area contributed by atoms with Crippen molar-refractivity contribution in [3.8, 4) is 0 Å². The van der Waals surface area contributed by atoms with Gasteiger partial charge < -0.3 is 15.5 Å². The topological polar surface area (TPSA) is 47.6 Å². The normalized spacial score (nSPS) is 14.7. The molecule has 1 aliphatic heterocycles. The molecule has 1 fully saturated rings. The fourth-order valence-electron chi connectivity index (χ4n) is 3.97. The van der Waals surface area contributed by atoms with Gasteiger partial charge in [0.25, 0.3) is 0 Å². The predicted molar refractivity (Wildman–Crippen MR) is 127 cm³/mol. The van der Waals surface area contributed by atoms with E-state index in [0.717, 1.165) is 45.6 Å². The summed E-state index contributed by atoms with van der Waals surface area (Å²) < 4.78 is 1.31.